The molecule has 0 aliphatic carbocycles. The second kappa shape index (κ2) is 18.7. The number of carbonyl (C=O) groups excluding carboxylic acids is 3. The number of ketones is 1. The Morgan fingerprint density at radius 3 is 1.41 bits per heavy atom. The van der Waals surface area contributed by atoms with Crippen LogP contribution < -0.4 is 10.6 Å². The van der Waals surface area contributed by atoms with Crippen molar-refractivity contribution in [3.05, 3.63) is 36.2 Å². The highest BCUT2D eigenvalue weighted by molar-refractivity contribution is 8.04. The summed E-state index contributed by atoms with van der Waals surface area (Å²) in [4.78, 5) is 77.1. The first-order valence-corrected chi connectivity index (χ1v) is 16.2. The highest BCUT2D eigenvalue weighted by Crippen LogP contribution is 2.40. The van der Waals surface area contributed by atoms with Crippen LogP contribution in [0.4, 0.5) is 0 Å². The molecule has 0 saturated carbocycles. The maximum absolute atomic E-state index is 13.6. The standard InChI is InChI=1S/C25H26N8O7S4/c1-13(34)32-16(24(37)38)9-41-18(20-22(43-11-26)30-5-3-28-20)7-15(36)8-19(21-23(44-12-27)31-6-4-29-21)42-10-17(25(39)40)33-14(2)35/h3-6,16-19H,7-10H2,1-2H3,(H,32,34)(H,33,35)(H,37,38)(H,39,40)/t16-,17-,18?,19?/m0/s1. The van der Waals surface area contributed by atoms with Gasteiger partial charge in [-0.1, -0.05) is 0 Å². The van der Waals surface area contributed by atoms with E-state index in [1.165, 1.54) is 38.6 Å². The summed E-state index contributed by atoms with van der Waals surface area (Å²) < 4.78 is 0. The first-order chi connectivity index (χ1) is 21.0. The van der Waals surface area contributed by atoms with E-state index in [0.29, 0.717) is 0 Å². The molecular formula is C25H26N8O7S4. The Morgan fingerprint density at radius 2 is 1.09 bits per heavy atom. The monoisotopic (exact) mass is 678 g/mol. The highest BCUT2D eigenvalue weighted by atomic mass is 32.2. The topological polar surface area (TPSA) is 249 Å². The number of aliphatic carboxylic acids is 2. The summed E-state index contributed by atoms with van der Waals surface area (Å²) in [5.74, 6) is -4.31. The van der Waals surface area contributed by atoms with Crippen molar-refractivity contribution < 1.29 is 34.2 Å². The second-order valence-corrected chi connectivity index (χ2v) is 12.7. The second-order valence-electron chi connectivity index (χ2n) is 8.65. The van der Waals surface area contributed by atoms with Crippen LogP contribution in [0.15, 0.2) is 34.8 Å². The number of carboxylic acid groups (broad SMARTS) is 2. The van der Waals surface area contributed by atoms with E-state index in [-0.39, 0.29) is 51.6 Å². The fraction of sp³-hybridized carbons (Fsp3) is 0.400. The predicted molar refractivity (Wildman–Crippen MR) is 162 cm³/mol. The minimum atomic E-state index is -1.28. The van der Waals surface area contributed by atoms with E-state index in [2.05, 4.69) is 30.6 Å². The van der Waals surface area contributed by atoms with Crippen LogP contribution in [-0.4, -0.2) is 83.3 Å². The number of rotatable bonds is 18. The maximum Gasteiger partial charge on any atom is 0.327 e. The number of hydrogen-bond acceptors (Lipinski definition) is 15. The van der Waals surface area contributed by atoms with Gasteiger partial charge in [0.05, 0.1) is 21.9 Å². The Hall–Kier alpha value is -3.91. The molecule has 2 amide bonds. The third-order valence-electron chi connectivity index (χ3n) is 5.38. The quantitative estimate of drug-likeness (QED) is 0.130. The van der Waals surface area contributed by atoms with E-state index >= 15 is 0 Å². The number of amides is 2. The fourth-order valence-electron chi connectivity index (χ4n) is 3.59. The van der Waals surface area contributed by atoms with Crippen LogP contribution in [0.5, 0.6) is 0 Å². The summed E-state index contributed by atoms with van der Waals surface area (Å²) in [6.07, 6.45) is 5.06. The Morgan fingerprint density at radius 1 is 0.727 bits per heavy atom. The molecule has 0 aliphatic rings. The first-order valence-electron chi connectivity index (χ1n) is 12.4. The first kappa shape index (κ1) is 36.3. The molecule has 4 atom stereocenters. The van der Waals surface area contributed by atoms with Crippen LogP contribution in [0.25, 0.3) is 0 Å². The molecule has 0 spiro atoms. The van der Waals surface area contributed by atoms with E-state index < -0.39 is 46.3 Å². The van der Waals surface area contributed by atoms with Gasteiger partial charge in [-0.2, -0.15) is 10.5 Å². The molecule has 0 saturated heterocycles. The average molecular weight is 679 g/mol. The van der Waals surface area contributed by atoms with Crippen LogP contribution in [0, 0.1) is 21.3 Å². The molecule has 19 heteroatoms. The Kier molecular flexibility index (Phi) is 15.4. The third-order valence-corrected chi connectivity index (χ3v) is 9.22. The van der Waals surface area contributed by atoms with Gasteiger partial charge < -0.3 is 20.8 Å². The zero-order valence-corrected chi connectivity index (χ0v) is 26.5. The largest absolute Gasteiger partial charge is 0.480 e. The molecule has 2 rings (SSSR count). The van der Waals surface area contributed by atoms with E-state index in [1.807, 2.05) is 10.8 Å². The summed E-state index contributed by atoms with van der Waals surface area (Å²) >= 11 is 3.51. The van der Waals surface area contributed by atoms with E-state index in [0.717, 1.165) is 47.0 Å². The van der Waals surface area contributed by atoms with Crippen LogP contribution in [-0.2, 0) is 24.0 Å². The molecule has 4 N–H and O–H groups in total. The molecular weight excluding hydrogens is 653 g/mol. The van der Waals surface area contributed by atoms with Crippen molar-refractivity contribution in [2.24, 2.45) is 0 Å². The van der Waals surface area contributed by atoms with Crippen molar-refractivity contribution in [3.8, 4) is 10.8 Å². The molecule has 2 aromatic rings. The van der Waals surface area contributed by atoms with Crippen molar-refractivity contribution in [1.29, 1.82) is 10.5 Å². The number of hydrogen-bond donors (Lipinski definition) is 4. The highest BCUT2D eigenvalue weighted by Gasteiger charge is 2.30. The average Bonchev–Trinajstić information content (AvgIpc) is 2.96. The van der Waals surface area contributed by atoms with Crippen LogP contribution in [0.3, 0.4) is 0 Å². The lowest BCUT2D eigenvalue weighted by molar-refractivity contribution is -0.141. The number of carbonyl (C=O) groups is 5. The van der Waals surface area contributed by atoms with E-state index in [1.54, 1.807) is 0 Å². The van der Waals surface area contributed by atoms with Gasteiger partial charge >= 0.3 is 11.9 Å². The number of aromatic nitrogens is 4. The molecule has 44 heavy (non-hydrogen) atoms. The summed E-state index contributed by atoms with van der Waals surface area (Å²) in [6.45, 7) is 2.35. The summed E-state index contributed by atoms with van der Waals surface area (Å²) in [5, 5.41) is 45.0. The minimum Gasteiger partial charge on any atom is -0.480 e. The zero-order valence-electron chi connectivity index (χ0n) is 23.2. The Balaban J connectivity index is 2.41. The molecule has 0 aliphatic heterocycles. The van der Waals surface area contributed by atoms with Gasteiger partial charge in [0.2, 0.25) is 11.8 Å². The normalized spacial score (nSPS) is 13.3. The molecule has 2 unspecified atom stereocenters. The van der Waals surface area contributed by atoms with Gasteiger partial charge in [0.15, 0.2) is 0 Å². The third kappa shape index (κ3) is 12.0. The molecule has 0 radical (unpaired) electrons. The lowest BCUT2D eigenvalue weighted by Crippen LogP contribution is -2.41. The van der Waals surface area contributed by atoms with Gasteiger partial charge in [-0.25, -0.2) is 19.6 Å². The Bertz CT molecular complexity index is 1350. The zero-order chi connectivity index (χ0) is 32.6. The number of thiocyanates is 2. The lowest BCUT2D eigenvalue weighted by Gasteiger charge is -2.22. The van der Waals surface area contributed by atoms with Crippen LogP contribution >= 0.6 is 47.0 Å². The number of nitrogens with one attached hydrogen (secondary N) is 2. The molecule has 232 valence electrons. The number of nitrogens with zero attached hydrogens (tertiary/aromatic N) is 6. The number of carboxylic acids is 2. The Labute approximate surface area is 268 Å². The van der Waals surface area contributed by atoms with Crippen molar-refractivity contribution in [1.82, 2.24) is 30.6 Å². The van der Waals surface area contributed by atoms with E-state index in [4.69, 9.17) is 0 Å². The molecule has 2 aromatic heterocycles. The van der Waals surface area contributed by atoms with Gasteiger partial charge in [0.1, 0.15) is 38.7 Å². The van der Waals surface area contributed by atoms with Crippen molar-refractivity contribution >= 4 is 76.6 Å². The van der Waals surface area contributed by atoms with Gasteiger partial charge in [-0.3, -0.25) is 24.4 Å². The summed E-state index contributed by atoms with van der Waals surface area (Å²) in [7, 11) is 0. The van der Waals surface area contributed by atoms with Crippen LogP contribution in [0.2, 0.25) is 0 Å². The molecule has 0 fully saturated rings. The number of Topliss-reactive ketones (excluding diaryl/α,β-unsaturated/α-hetero) is 1. The van der Waals surface area contributed by atoms with Gasteiger partial charge in [-0.15, -0.1) is 23.5 Å². The predicted octanol–water partition coefficient (Wildman–Crippen LogP) is 2.19. The smallest absolute Gasteiger partial charge is 0.327 e. The van der Waals surface area contributed by atoms with Gasteiger partial charge in [-0.05, 0) is 0 Å². The van der Waals surface area contributed by atoms with E-state index in [9.17, 15) is 44.7 Å². The van der Waals surface area contributed by atoms with Crippen molar-refractivity contribution in [2.45, 2.75) is 59.3 Å². The molecule has 15 nitrogen and oxygen atoms in total. The van der Waals surface area contributed by atoms with Gasteiger partial charge in [0.25, 0.3) is 0 Å². The molecule has 2 heterocycles. The SMILES string of the molecule is CC(=O)N[C@@H](CSC(CC(=O)CC(SC[C@H](NC(C)=O)C(=O)O)c1nccnc1SC#N)c1nccnc1SC#N)C(=O)O. The molecule has 0 bridgehead atoms. The fourth-order valence-corrected chi connectivity index (χ4v) is 7.31. The number of nitriles is 2. The van der Waals surface area contributed by atoms with Gasteiger partial charge in [0, 0.05) is 86.5 Å². The maximum atomic E-state index is 13.6. The van der Waals surface area contributed by atoms with Crippen LogP contribution in [0.1, 0.15) is 48.6 Å². The van der Waals surface area contributed by atoms with Crippen molar-refractivity contribution in [3.63, 3.8) is 0 Å². The van der Waals surface area contributed by atoms with Crippen molar-refractivity contribution in [2.75, 3.05) is 11.5 Å². The minimum absolute atomic E-state index is 0.137. The lowest BCUT2D eigenvalue weighted by atomic mass is 10.1. The number of thioether (sulfide) groups is 4. The molecule has 0 aromatic carbocycles. The summed E-state index contributed by atoms with van der Waals surface area (Å²) in [5.41, 5.74) is 0.538. The summed E-state index contributed by atoms with van der Waals surface area (Å²) in [6, 6.07) is -2.54.